The van der Waals surface area contributed by atoms with Gasteiger partial charge >= 0.3 is 0 Å². The molecule has 0 heterocycles. The van der Waals surface area contributed by atoms with E-state index in [1.54, 1.807) is 24.3 Å². The lowest BCUT2D eigenvalue weighted by Gasteiger charge is -2.35. The zero-order chi connectivity index (χ0) is 23.1. The van der Waals surface area contributed by atoms with Gasteiger partial charge in [-0.05, 0) is 54.8 Å². The SMILES string of the molecule is COC(CCC(O)c1ccc(F)cc1)C(c1ccc(O)cc1O)N(C=O)c1ccccc1. The van der Waals surface area contributed by atoms with Crippen molar-refractivity contribution in [2.45, 2.75) is 31.1 Å². The van der Waals surface area contributed by atoms with E-state index in [4.69, 9.17) is 4.74 Å². The molecular formula is C25H26FNO5. The molecule has 0 aliphatic heterocycles. The number of carbonyl (C=O) groups is 1. The molecule has 0 saturated carbocycles. The Morgan fingerprint density at radius 2 is 1.69 bits per heavy atom. The molecule has 7 heteroatoms. The Labute approximate surface area is 186 Å². The topological polar surface area (TPSA) is 90.2 Å². The van der Waals surface area contributed by atoms with Crippen LogP contribution in [0.5, 0.6) is 11.5 Å². The minimum atomic E-state index is -0.858. The number of amides is 1. The maximum absolute atomic E-state index is 13.2. The number of hydrogen-bond acceptors (Lipinski definition) is 5. The van der Waals surface area contributed by atoms with Gasteiger partial charge in [-0.1, -0.05) is 30.3 Å². The Morgan fingerprint density at radius 3 is 2.28 bits per heavy atom. The van der Waals surface area contributed by atoms with Crippen molar-refractivity contribution in [1.29, 1.82) is 0 Å². The first-order chi connectivity index (χ1) is 15.4. The zero-order valence-corrected chi connectivity index (χ0v) is 17.6. The number of ether oxygens (including phenoxy) is 1. The highest BCUT2D eigenvalue weighted by Gasteiger charge is 2.32. The van der Waals surface area contributed by atoms with E-state index < -0.39 is 18.2 Å². The fraction of sp³-hybridized carbons (Fsp3) is 0.240. The Kier molecular flexibility index (Phi) is 7.81. The summed E-state index contributed by atoms with van der Waals surface area (Å²) in [6, 6.07) is 18.0. The number of phenolic OH excluding ortho intramolecular Hbond substituents is 2. The quantitative estimate of drug-likeness (QED) is 0.406. The molecule has 0 saturated heterocycles. The summed E-state index contributed by atoms with van der Waals surface area (Å²) in [5.41, 5.74) is 1.56. The molecule has 1 amide bonds. The van der Waals surface area contributed by atoms with Gasteiger partial charge in [-0.3, -0.25) is 4.79 Å². The monoisotopic (exact) mass is 439 g/mol. The molecular weight excluding hydrogens is 413 g/mol. The summed E-state index contributed by atoms with van der Waals surface area (Å²) in [6.45, 7) is 0. The van der Waals surface area contributed by atoms with Crippen LogP contribution in [0.1, 0.15) is 36.1 Å². The average molecular weight is 439 g/mol. The number of rotatable bonds is 10. The predicted molar refractivity (Wildman–Crippen MR) is 119 cm³/mol. The molecule has 0 bridgehead atoms. The molecule has 3 N–H and O–H groups in total. The van der Waals surface area contributed by atoms with Crippen LogP contribution in [-0.4, -0.2) is 34.9 Å². The lowest BCUT2D eigenvalue weighted by Crippen LogP contribution is -2.37. The van der Waals surface area contributed by atoms with Gasteiger partial charge in [0.15, 0.2) is 0 Å². The number of methoxy groups -OCH3 is 1. The highest BCUT2D eigenvalue weighted by atomic mass is 19.1. The Bertz CT molecular complexity index is 1010. The van der Waals surface area contributed by atoms with Gasteiger partial charge in [-0.15, -0.1) is 0 Å². The molecule has 3 unspecified atom stereocenters. The second-order valence-corrected chi connectivity index (χ2v) is 7.46. The van der Waals surface area contributed by atoms with Gasteiger partial charge in [0.2, 0.25) is 6.41 Å². The first-order valence-corrected chi connectivity index (χ1v) is 10.2. The number of halogens is 1. The molecule has 32 heavy (non-hydrogen) atoms. The number of aliphatic hydroxyl groups is 1. The molecule has 0 aromatic heterocycles. The van der Waals surface area contributed by atoms with Crippen LogP contribution in [0.25, 0.3) is 0 Å². The van der Waals surface area contributed by atoms with E-state index in [0.717, 1.165) is 0 Å². The number of para-hydroxylation sites is 1. The van der Waals surface area contributed by atoms with Crippen LogP contribution < -0.4 is 4.90 Å². The van der Waals surface area contributed by atoms with Gasteiger partial charge in [0.05, 0.1) is 18.2 Å². The minimum Gasteiger partial charge on any atom is -0.508 e. The van der Waals surface area contributed by atoms with Crippen LogP contribution in [0.3, 0.4) is 0 Å². The third-order valence-electron chi connectivity index (χ3n) is 5.43. The van der Waals surface area contributed by atoms with Crippen LogP contribution in [0, 0.1) is 5.82 Å². The molecule has 3 atom stereocenters. The normalized spacial score (nSPS) is 13.8. The van der Waals surface area contributed by atoms with Gasteiger partial charge in [0.1, 0.15) is 17.3 Å². The Balaban J connectivity index is 1.92. The summed E-state index contributed by atoms with van der Waals surface area (Å²) in [4.78, 5) is 13.6. The Hall–Kier alpha value is -3.42. The standard InChI is InChI=1S/C25H26FNO5/c1-32-24(14-13-22(30)17-7-9-18(26)10-8-17)25(21-12-11-20(29)15-23(21)31)27(16-28)19-5-3-2-4-6-19/h2-12,15-16,22,24-25,29-31H,13-14H2,1H3. The van der Waals surface area contributed by atoms with Crippen LogP contribution in [0.15, 0.2) is 72.8 Å². The fourth-order valence-electron chi connectivity index (χ4n) is 3.78. The summed E-state index contributed by atoms with van der Waals surface area (Å²) in [6.07, 6.45) is -0.193. The van der Waals surface area contributed by atoms with E-state index in [1.165, 1.54) is 54.5 Å². The molecule has 0 fully saturated rings. The number of nitrogens with zero attached hydrogens (tertiary/aromatic N) is 1. The van der Waals surface area contributed by atoms with Gasteiger partial charge in [0, 0.05) is 24.4 Å². The third kappa shape index (κ3) is 5.43. The summed E-state index contributed by atoms with van der Waals surface area (Å²) in [5.74, 6) is -0.676. The van der Waals surface area contributed by atoms with Crippen LogP contribution in [0.2, 0.25) is 0 Å². The second-order valence-electron chi connectivity index (χ2n) is 7.46. The van der Waals surface area contributed by atoms with Crippen molar-refractivity contribution in [2.24, 2.45) is 0 Å². The van der Waals surface area contributed by atoms with Crippen LogP contribution in [0.4, 0.5) is 10.1 Å². The number of anilines is 1. The van der Waals surface area contributed by atoms with Crippen molar-refractivity contribution >= 4 is 12.1 Å². The van der Waals surface area contributed by atoms with Crippen molar-refractivity contribution in [3.63, 3.8) is 0 Å². The van der Waals surface area contributed by atoms with E-state index in [-0.39, 0.29) is 23.7 Å². The summed E-state index contributed by atoms with van der Waals surface area (Å²) < 4.78 is 18.9. The number of hydrogen-bond donors (Lipinski definition) is 3. The van der Waals surface area contributed by atoms with E-state index >= 15 is 0 Å². The van der Waals surface area contributed by atoms with Crippen molar-refractivity contribution in [1.82, 2.24) is 0 Å². The molecule has 168 valence electrons. The van der Waals surface area contributed by atoms with Crippen molar-refractivity contribution in [2.75, 3.05) is 12.0 Å². The average Bonchev–Trinajstić information content (AvgIpc) is 2.80. The summed E-state index contributed by atoms with van der Waals surface area (Å²) in [7, 11) is 1.49. The fourth-order valence-corrected chi connectivity index (χ4v) is 3.78. The molecule has 0 aliphatic carbocycles. The molecule has 0 spiro atoms. The van der Waals surface area contributed by atoms with E-state index in [1.807, 2.05) is 6.07 Å². The van der Waals surface area contributed by atoms with Crippen molar-refractivity contribution < 1.29 is 29.2 Å². The van der Waals surface area contributed by atoms with E-state index in [9.17, 15) is 24.5 Å². The zero-order valence-electron chi connectivity index (χ0n) is 17.6. The van der Waals surface area contributed by atoms with Crippen LogP contribution >= 0.6 is 0 Å². The number of benzene rings is 3. The minimum absolute atomic E-state index is 0.108. The number of aliphatic hydroxyl groups excluding tert-OH is 1. The maximum Gasteiger partial charge on any atom is 0.214 e. The number of aromatic hydroxyl groups is 2. The maximum atomic E-state index is 13.2. The van der Waals surface area contributed by atoms with Gasteiger partial charge in [-0.25, -0.2) is 4.39 Å². The molecule has 0 radical (unpaired) electrons. The highest BCUT2D eigenvalue weighted by molar-refractivity contribution is 5.77. The molecule has 3 rings (SSSR count). The predicted octanol–water partition coefficient (Wildman–Crippen LogP) is 4.47. The van der Waals surface area contributed by atoms with Gasteiger partial charge in [0.25, 0.3) is 0 Å². The number of carbonyl (C=O) groups excluding carboxylic acids is 1. The largest absolute Gasteiger partial charge is 0.508 e. The summed E-state index contributed by atoms with van der Waals surface area (Å²) in [5, 5.41) is 30.8. The smallest absolute Gasteiger partial charge is 0.214 e. The van der Waals surface area contributed by atoms with Gasteiger partial charge < -0.3 is 25.0 Å². The molecule has 0 aliphatic rings. The van der Waals surface area contributed by atoms with Crippen molar-refractivity contribution in [3.05, 3.63) is 89.7 Å². The highest BCUT2D eigenvalue weighted by Crippen LogP contribution is 2.38. The first kappa shape index (κ1) is 23.2. The third-order valence-corrected chi connectivity index (χ3v) is 5.43. The molecule has 3 aromatic rings. The van der Waals surface area contributed by atoms with Crippen molar-refractivity contribution in [3.8, 4) is 11.5 Å². The van der Waals surface area contributed by atoms with E-state index in [0.29, 0.717) is 29.6 Å². The lowest BCUT2D eigenvalue weighted by atomic mass is 9.93. The van der Waals surface area contributed by atoms with Gasteiger partial charge in [-0.2, -0.15) is 0 Å². The second kappa shape index (κ2) is 10.7. The molecule has 3 aromatic carbocycles. The van der Waals surface area contributed by atoms with Crippen LogP contribution in [-0.2, 0) is 9.53 Å². The Morgan fingerprint density at radius 1 is 1.00 bits per heavy atom. The summed E-state index contributed by atoms with van der Waals surface area (Å²) >= 11 is 0. The molecule has 6 nitrogen and oxygen atoms in total. The number of phenols is 2. The lowest BCUT2D eigenvalue weighted by molar-refractivity contribution is -0.108. The first-order valence-electron chi connectivity index (χ1n) is 10.2. The van der Waals surface area contributed by atoms with E-state index in [2.05, 4.69) is 0 Å².